The quantitative estimate of drug-likeness (QED) is 0.914. The molecule has 2 atom stereocenters. The van der Waals surface area contributed by atoms with Crippen molar-refractivity contribution in [2.75, 3.05) is 19.6 Å². The molecule has 2 aromatic rings. The lowest BCUT2D eigenvalue weighted by Gasteiger charge is -2.16. The van der Waals surface area contributed by atoms with Crippen LogP contribution in [0, 0.1) is 5.92 Å². The van der Waals surface area contributed by atoms with Crippen molar-refractivity contribution in [3.63, 3.8) is 0 Å². The topological polar surface area (TPSA) is 47.1 Å². The number of aromatic nitrogens is 2. The number of aryl methyl sites for hydroxylation is 1. The fourth-order valence-corrected chi connectivity index (χ4v) is 3.33. The van der Waals surface area contributed by atoms with Gasteiger partial charge < -0.3 is 5.73 Å². The van der Waals surface area contributed by atoms with Gasteiger partial charge in [-0.2, -0.15) is 5.10 Å². The van der Waals surface area contributed by atoms with Crippen LogP contribution in [0.2, 0.25) is 0 Å². The predicted octanol–water partition coefficient (Wildman–Crippen LogP) is 2.08. The van der Waals surface area contributed by atoms with Gasteiger partial charge in [-0.15, -0.1) is 0 Å². The van der Waals surface area contributed by atoms with E-state index < -0.39 is 0 Å². The standard InChI is InChI=1S/C17H24N4/c1-2-21-11-14(9-19-21)10-20-12-16(8-18)17(13-20)15-6-4-3-5-7-15/h3-7,9,11,16-17H,2,8,10,12-13,18H2,1H3/t16-,17+/m1/s1. The smallest absolute Gasteiger partial charge is 0.0534 e. The highest BCUT2D eigenvalue weighted by molar-refractivity contribution is 5.22. The van der Waals surface area contributed by atoms with Crippen molar-refractivity contribution in [3.8, 4) is 0 Å². The molecule has 1 aliphatic rings. The second-order valence-electron chi connectivity index (χ2n) is 5.91. The van der Waals surface area contributed by atoms with Crippen LogP contribution in [0.5, 0.6) is 0 Å². The van der Waals surface area contributed by atoms with Crippen LogP contribution in [0.15, 0.2) is 42.7 Å². The Morgan fingerprint density at radius 1 is 1.24 bits per heavy atom. The summed E-state index contributed by atoms with van der Waals surface area (Å²) in [6.07, 6.45) is 4.13. The van der Waals surface area contributed by atoms with E-state index in [-0.39, 0.29) is 0 Å². The summed E-state index contributed by atoms with van der Waals surface area (Å²) in [5.41, 5.74) is 8.71. The van der Waals surface area contributed by atoms with E-state index >= 15 is 0 Å². The van der Waals surface area contributed by atoms with Gasteiger partial charge in [-0.3, -0.25) is 9.58 Å². The first-order valence-electron chi connectivity index (χ1n) is 7.79. The third kappa shape index (κ3) is 3.17. The Bertz CT molecular complexity index is 563. The molecule has 1 aromatic carbocycles. The van der Waals surface area contributed by atoms with Gasteiger partial charge in [0.2, 0.25) is 0 Å². The molecule has 4 heteroatoms. The van der Waals surface area contributed by atoms with Crippen LogP contribution in [0.1, 0.15) is 24.0 Å². The van der Waals surface area contributed by atoms with Crippen molar-refractivity contribution in [2.24, 2.45) is 11.7 Å². The van der Waals surface area contributed by atoms with E-state index in [9.17, 15) is 0 Å². The maximum absolute atomic E-state index is 6.00. The van der Waals surface area contributed by atoms with Crippen LogP contribution in [-0.2, 0) is 13.1 Å². The van der Waals surface area contributed by atoms with Gasteiger partial charge in [-0.05, 0) is 24.9 Å². The van der Waals surface area contributed by atoms with E-state index in [1.54, 1.807) is 0 Å². The molecule has 1 aliphatic heterocycles. The molecule has 0 unspecified atom stereocenters. The number of hydrogen-bond acceptors (Lipinski definition) is 3. The first kappa shape index (κ1) is 14.3. The molecular weight excluding hydrogens is 260 g/mol. The molecule has 1 aromatic heterocycles. The summed E-state index contributed by atoms with van der Waals surface area (Å²) >= 11 is 0. The zero-order valence-electron chi connectivity index (χ0n) is 12.7. The lowest BCUT2D eigenvalue weighted by Crippen LogP contribution is -2.23. The zero-order valence-corrected chi connectivity index (χ0v) is 12.7. The monoisotopic (exact) mass is 284 g/mol. The Hall–Kier alpha value is -1.65. The summed E-state index contributed by atoms with van der Waals surface area (Å²) in [6.45, 7) is 6.93. The number of benzene rings is 1. The molecular formula is C17H24N4. The molecule has 0 amide bonds. The average Bonchev–Trinajstić information content (AvgIpc) is 3.15. The van der Waals surface area contributed by atoms with Gasteiger partial charge in [0.25, 0.3) is 0 Å². The number of likely N-dealkylation sites (tertiary alicyclic amines) is 1. The number of rotatable bonds is 5. The van der Waals surface area contributed by atoms with Gasteiger partial charge in [0.15, 0.2) is 0 Å². The van der Waals surface area contributed by atoms with E-state index in [1.165, 1.54) is 11.1 Å². The SMILES string of the molecule is CCn1cc(CN2C[C@@H](CN)[C@H](c3ccccc3)C2)cn1. The molecule has 0 radical (unpaired) electrons. The van der Waals surface area contributed by atoms with Crippen LogP contribution < -0.4 is 5.73 Å². The zero-order chi connectivity index (χ0) is 14.7. The molecule has 3 rings (SSSR count). The molecule has 1 fully saturated rings. The van der Waals surface area contributed by atoms with Crippen molar-refractivity contribution in [1.82, 2.24) is 14.7 Å². The minimum absolute atomic E-state index is 0.550. The predicted molar refractivity (Wildman–Crippen MR) is 84.9 cm³/mol. The normalized spacial score (nSPS) is 22.8. The molecule has 0 aliphatic carbocycles. The van der Waals surface area contributed by atoms with Gasteiger partial charge in [0.1, 0.15) is 0 Å². The fraction of sp³-hybridized carbons (Fsp3) is 0.471. The second-order valence-corrected chi connectivity index (χ2v) is 5.91. The first-order valence-corrected chi connectivity index (χ1v) is 7.79. The average molecular weight is 284 g/mol. The molecule has 21 heavy (non-hydrogen) atoms. The van der Waals surface area contributed by atoms with Crippen LogP contribution in [-0.4, -0.2) is 34.3 Å². The summed E-state index contributed by atoms with van der Waals surface area (Å²) in [5.74, 6) is 1.10. The van der Waals surface area contributed by atoms with Crippen LogP contribution in [0.25, 0.3) is 0 Å². The molecule has 2 heterocycles. The van der Waals surface area contributed by atoms with Crippen molar-refractivity contribution in [3.05, 3.63) is 53.9 Å². The van der Waals surface area contributed by atoms with E-state index in [4.69, 9.17) is 5.73 Å². The minimum Gasteiger partial charge on any atom is -0.330 e. The van der Waals surface area contributed by atoms with Crippen molar-refractivity contribution >= 4 is 0 Å². The van der Waals surface area contributed by atoms with Crippen LogP contribution in [0.3, 0.4) is 0 Å². The number of nitrogens with zero attached hydrogens (tertiary/aromatic N) is 3. The minimum atomic E-state index is 0.550. The van der Waals surface area contributed by atoms with Gasteiger partial charge in [0, 0.05) is 43.9 Å². The van der Waals surface area contributed by atoms with Crippen molar-refractivity contribution < 1.29 is 0 Å². The molecule has 0 saturated carbocycles. The Labute approximate surface area is 126 Å². The Kier molecular flexibility index (Phi) is 4.36. The van der Waals surface area contributed by atoms with E-state index in [1.807, 2.05) is 10.9 Å². The maximum atomic E-state index is 6.00. The first-order chi connectivity index (χ1) is 10.3. The molecule has 1 saturated heterocycles. The summed E-state index contributed by atoms with van der Waals surface area (Å²) in [7, 11) is 0. The van der Waals surface area contributed by atoms with Gasteiger partial charge >= 0.3 is 0 Å². The van der Waals surface area contributed by atoms with Gasteiger partial charge in [0.05, 0.1) is 6.20 Å². The Morgan fingerprint density at radius 2 is 2.05 bits per heavy atom. The van der Waals surface area contributed by atoms with E-state index in [0.717, 1.165) is 32.7 Å². The third-order valence-corrected chi connectivity index (χ3v) is 4.46. The number of hydrogen-bond donors (Lipinski definition) is 1. The van der Waals surface area contributed by atoms with Gasteiger partial charge in [-0.1, -0.05) is 30.3 Å². The molecule has 2 N–H and O–H groups in total. The lowest BCUT2D eigenvalue weighted by molar-refractivity contribution is 0.317. The van der Waals surface area contributed by atoms with Crippen molar-refractivity contribution in [2.45, 2.75) is 25.9 Å². The number of nitrogens with two attached hydrogens (primary N) is 1. The molecule has 112 valence electrons. The Morgan fingerprint density at radius 3 is 2.71 bits per heavy atom. The highest BCUT2D eigenvalue weighted by Gasteiger charge is 2.32. The van der Waals surface area contributed by atoms with Crippen LogP contribution >= 0.6 is 0 Å². The molecule has 0 spiro atoms. The third-order valence-electron chi connectivity index (χ3n) is 4.46. The van der Waals surface area contributed by atoms with E-state index in [2.05, 4.69) is 53.5 Å². The highest BCUT2D eigenvalue weighted by Crippen LogP contribution is 2.32. The maximum Gasteiger partial charge on any atom is 0.0534 e. The highest BCUT2D eigenvalue weighted by atomic mass is 15.3. The molecule has 4 nitrogen and oxygen atoms in total. The summed E-state index contributed by atoms with van der Waals surface area (Å²) in [4.78, 5) is 2.51. The second kappa shape index (κ2) is 6.41. The molecule has 0 bridgehead atoms. The van der Waals surface area contributed by atoms with Gasteiger partial charge in [-0.25, -0.2) is 0 Å². The van der Waals surface area contributed by atoms with Crippen molar-refractivity contribution in [1.29, 1.82) is 0 Å². The fourth-order valence-electron chi connectivity index (χ4n) is 3.33. The Balaban J connectivity index is 1.69. The largest absolute Gasteiger partial charge is 0.330 e. The summed E-state index contributed by atoms with van der Waals surface area (Å²) in [6, 6.07) is 10.8. The lowest BCUT2D eigenvalue weighted by atomic mass is 9.89. The van der Waals surface area contributed by atoms with Crippen LogP contribution in [0.4, 0.5) is 0 Å². The summed E-state index contributed by atoms with van der Waals surface area (Å²) < 4.78 is 1.99. The summed E-state index contributed by atoms with van der Waals surface area (Å²) in [5, 5.41) is 4.36. The van der Waals surface area contributed by atoms with E-state index in [0.29, 0.717) is 11.8 Å².